The van der Waals surface area contributed by atoms with Crippen LogP contribution in [0.5, 0.6) is 0 Å². The summed E-state index contributed by atoms with van der Waals surface area (Å²) in [6.45, 7) is 6.40. The van der Waals surface area contributed by atoms with Crippen molar-refractivity contribution < 1.29 is 9.53 Å². The summed E-state index contributed by atoms with van der Waals surface area (Å²) in [7, 11) is 0. The highest BCUT2D eigenvalue weighted by molar-refractivity contribution is 5.86. The molecule has 2 fully saturated rings. The van der Waals surface area contributed by atoms with Gasteiger partial charge in [0.2, 0.25) is 5.91 Å². The van der Waals surface area contributed by atoms with Crippen LogP contribution in [0, 0.1) is 0 Å². The van der Waals surface area contributed by atoms with Crippen molar-refractivity contribution in [3.63, 3.8) is 0 Å². The van der Waals surface area contributed by atoms with Crippen LogP contribution in [-0.2, 0) is 9.53 Å². The van der Waals surface area contributed by atoms with Gasteiger partial charge < -0.3 is 9.64 Å². The van der Waals surface area contributed by atoms with E-state index < -0.39 is 0 Å². The predicted octanol–water partition coefficient (Wildman–Crippen LogP) is 2.26. The van der Waals surface area contributed by atoms with E-state index in [-0.39, 0.29) is 5.91 Å². The summed E-state index contributed by atoms with van der Waals surface area (Å²) in [6.07, 6.45) is 4.31. The van der Waals surface area contributed by atoms with E-state index in [1.54, 1.807) is 0 Å². The Hall–Kier alpha value is -1.92. The lowest BCUT2D eigenvalue weighted by Gasteiger charge is -2.36. The minimum atomic E-state index is 0.0151. The third-order valence-electron chi connectivity index (χ3n) is 5.00. The standard InChI is InChI=1S/C20H30N4O2/c25-20(22-21-18-6-4-16-26-17-5-7-18)10-11-23-12-14-24(15-13-23)19-8-2-1-3-9-19/h1-3,8-9H,4-7,10-17H2,(H,22,25). The van der Waals surface area contributed by atoms with Crippen molar-refractivity contribution in [1.29, 1.82) is 0 Å². The molecule has 1 aromatic carbocycles. The van der Waals surface area contributed by atoms with Crippen molar-refractivity contribution in [2.45, 2.75) is 32.1 Å². The number of ether oxygens (including phenoxy) is 1. The molecule has 3 rings (SSSR count). The van der Waals surface area contributed by atoms with E-state index in [4.69, 9.17) is 4.74 Å². The Labute approximate surface area is 156 Å². The fourth-order valence-corrected chi connectivity index (χ4v) is 3.42. The maximum Gasteiger partial charge on any atom is 0.241 e. The minimum Gasteiger partial charge on any atom is -0.381 e. The van der Waals surface area contributed by atoms with Gasteiger partial charge in [-0.05, 0) is 37.8 Å². The van der Waals surface area contributed by atoms with Crippen LogP contribution in [0.3, 0.4) is 0 Å². The zero-order valence-corrected chi connectivity index (χ0v) is 15.5. The molecule has 2 aliphatic heterocycles. The zero-order chi connectivity index (χ0) is 18.0. The third kappa shape index (κ3) is 6.11. The molecular weight excluding hydrogens is 328 g/mol. The number of para-hydroxylation sites is 1. The summed E-state index contributed by atoms with van der Waals surface area (Å²) in [6, 6.07) is 10.5. The molecule has 0 aliphatic carbocycles. The molecule has 1 aromatic rings. The largest absolute Gasteiger partial charge is 0.381 e. The molecule has 0 atom stereocenters. The van der Waals surface area contributed by atoms with Crippen LogP contribution >= 0.6 is 0 Å². The zero-order valence-electron chi connectivity index (χ0n) is 15.5. The summed E-state index contributed by atoms with van der Waals surface area (Å²) in [5, 5.41) is 4.34. The molecule has 0 bridgehead atoms. The number of benzene rings is 1. The van der Waals surface area contributed by atoms with Gasteiger partial charge in [-0.25, -0.2) is 5.43 Å². The van der Waals surface area contributed by atoms with Gasteiger partial charge >= 0.3 is 0 Å². The number of hydrogen-bond acceptors (Lipinski definition) is 5. The number of piperazine rings is 1. The highest BCUT2D eigenvalue weighted by atomic mass is 16.5. The van der Waals surface area contributed by atoms with Crippen molar-refractivity contribution in [3.8, 4) is 0 Å². The molecule has 0 unspecified atom stereocenters. The van der Waals surface area contributed by atoms with Crippen LogP contribution in [0.2, 0.25) is 0 Å². The first-order chi connectivity index (χ1) is 12.8. The number of nitrogens with zero attached hydrogens (tertiary/aromatic N) is 3. The summed E-state index contributed by atoms with van der Waals surface area (Å²) in [5.74, 6) is 0.0151. The van der Waals surface area contributed by atoms with E-state index in [1.807, 2.05) is 6.07 Å². The molecule has 142 valence electrons. The quantitative estimate of drug-likeness (QED) is 0.821. The number of amides is 1. The lowest BCUT2D eigenvalue weighted by atomic mass is 10.1. The molecule has 0 aromatic heterocycles. The molecule has 2 aliphatic rings. The van der Waals surface area contributed by atoms with Gasteiger partial charge in [-0.2, -0.15) is 5.10 Å². The van der Waals surface area contributed by atoms with Crippen molar-refractivity contribution in [1.82, 2.24) is 10.3 Å². The number of nitrogens with one attached hydrogen (secondary N) is 1. The smallest absolute Gasteiger partial charge is 0.241 e. The van der Waals surface area contributed by atoms with Gasteiger partial charge in [0.25, 0.3) is 0 Å². The fourth-order valence-electron chi connectivity index (χ4n) is 3.42. The average molecular weight is 358 g/mol. The van der Waals surface area contributed by atoms with E-state index in [0.29, 0.717) is 6.42 Å². The Morgan fingerprint density at radius 2 is 1.73 bits per heavy atom. The summed E-state index contributed by atoms with van der Waals surface area (Å²) in [5.41, 5.74) is 5.12. The maximum absolute atomic E-state index is 12.1. The van der Waals surface area contributed by atoms with Crippen LogP contribution in [0.1, 0.15) is 32.1 Å². The second-order valence-electron chi connectivity index (χ2n) is 6.95. The first-order valence-corrected chi connectivity index (χ1v) is 9.75. The number of carbonyl (C=O) groups excluding carboxylic acids is 1. The van der Waals surface area contributed by atoms with Crippen LogP contribution in [-0.4, -0.2) is 62.5 Å². The Balaban J connectivity index is 1.35. The van der Waals surface area contributed by atoms with Crippen LogP contribution in [0.4, 0.5) is 5.69 Å². The Morgan fingerprint density at radius 3 is 2.42 bits per heavy atom. The highest BCUT2D eigenvalue weighted by Gasteiger charge is 2.17. The van der Waals surface area contributed by atoms with Crippen molar-refractivity contribution in [3.05, 3.63) is 30.3 Å². The second-order valence-corrected chi connectivity index (χ2v) is 6.95. The second kappa shape index (κ2) is 10.3. The molecule has 2 saturated heterocycles. The van der Waals surface area contributed by atoms with Gasteiger partial charge in [0.05, 0.1) is 0 Å². The molecule has 0 spiro atoms. The van der Waals surface area contributed by atoms with Crippen molar-refractivity contribution >= 4 is 17.3 Å². The first-order valence-electron chi connectivity index (χ1n) is 9.75. The van der Waals surface area contributed by atoms with Crippen molar-refractivity contribution in [2.24, 2.45) is 5.10 Å². The predicted molar refractivity (Wildman–Crippen MR) is 105 cm³/mol. The summed E-state index contributed by atoms with van der Waals surface area (Å²) in [4.78, 5) is 16.9. The number of hydrogen-bond donors (Lipinski definition) is 1. The summed E-state index contributed by atoms with van der Waals surface area (Å²) < 4.78 is 5.44. The van der Waals surface area contributed by atoms with Gasteiger partial charge in [0, 0.05) is 63.8 Å². The van der Waals surface area contributed by atoms with E-state index in [2.05, 4.69) is 44.6 Å². The normalized spacial score (nSPS) is 19.5. The number of hydrazone groups is 1. The van der Waals surface area contributed by atoms with Gasteiger partial charge in [0.15, 0.2) is 0 Å². The van der Waals surface area contributed by atoms with Gasteiger partial charge in [0.1, 0.15) is 0 Å². The Bertz CT molecular complexity index is 573. The lowest BCUT2D eigenvalue weighted by Crippen LogP contribution is -2.47. The molecule has 6 nitrogen and oxygen atoms in total. The average Bonchev–Trinajstić information content (AvgIpc) is 2.66. The molecule has 6 heteroatoms. The number of anilines is 1. The van der Waals surface area contributed by atoms with Gasteiger partial charge in [-0.1, -0.05) is 18.2 Å². The van der Waals surface area contributed by atoms with E-state index in [0.717, 1.165) is 77.3 Å². The maximum atomic E-state index is 12.1. The van der Waals surface area contributed by atoms with E-state index in [9.17, 15) is 4.79 Å². The first kappa shape index (κ1) is 18.9. The fraction of sp³-hybridized carbons (Fsp3) is 0.600. The highest BCUT2D eigenvalue weighted by Crippen LogP contribution is 2.15. The molecule has 2 heterocycles. The monoisotopic (exact) mass is 358 g/mol. The van der Waals surface area contributed by atoms with E-state index >= 15 is 0 Å². The molecule has 1 amide bonds. The van der Waals surface area contributed by atoms with Crippen LogP contribution < -0.4 is 10.3 Å². The number of rotatable bonds is 5. The van der Waals surface area contributed by atoms with Crippen LogP contribution in [0.25, 0.3) is 0 Å². The summed E-state index contributed by atoms with van der Waals surface area (Å²) >= 11 is 0. The SMILES string of the molecule is O=C(CCN1CCN(c2ccccc2)CC1)NN=C1CCCOCCC1. The number of carbonyl (C=O) groups is 1. The molecule has 26 heavy (non-hydrogen) atoms. The van der Waals surface area contributed by atoms with Gasteiger partial charge in [-0.15, -0.1) is 0 Å². The molecule has 1 N–H and O–H groups in total. The Kier molecular flexibility index (Phi) is 7.46. The Morgan fingerprint density at radius 1 is 1.04 bits per heavy atom. The topological polar surface area (TPSA) is 57.2 Å². The molecule has 0 radical (unpaired) electrons. The molecular formula is C20H30N4O2. The third-order valence-corrected chi connectivity index (χ3v) is 5.00. The minimum absolute atomic E-state index is 0.0151. The van der Waals surface area contributed by atoms with Crippen molar-refractivity contribution in [2.75, 3.05) is 50.8 Å². The lowest BCUT2D eigenvalue weighted by molar-refractivity contribution is -0.121. The van der Waals surface area contributed by atoms with E-state index in [1.165, 1.54) is 5.69 Å². The van der Waals surface area contributed by atoms with Gasteiger partial charge in [-0.3, -0.25) is 9.69 Å². The van der Waals surface area contributed by atoms with Crippen LogP contribution in [0.15, 0.2) is 35.4 Å². The molecule has 0 saturated carbocycles.